The van der Waals surface area contributed by atoms with Crippen molar-refractivity contribution in [1.29, 1.82) is 0 Å². The molecule has 1 aromatic carbocycles. The van der Waals surface area contributed by atoms with Crippen LogP contribution in [0.15, 0.2) is 29.6 Å². The SMILES string of the molecule is CCCCCNCC(=O)N1CCc2sccc2[C@@H]1c1ccc(Cl)cc1Cl. The second kappa shape index (κ2) is 9.23. The van der Waals surface area contributed by atoms with E-state index in [-0.39, 0.29) is 11.9 Å². The van der Waals surface area contributed by atoms with Crippen molar-refractivity contribution in [2.24, 2.45) is 0 Å². The highest BCUT2D eigenvalue weighted by Gasteiger charge is 2.33. The molecule has 2 aromatic rings. The van der Waals surface area contributed by atoms with Crippen molar-refractivity contribution in [2.45, 2.75) is 38.6 Å². The van der Waals surface area contributed by atoms with Crippen molar-refractivity contribution in [3.05, 3.63) is 55.7 Å². The van der Waals surface area contributed by atoms with Gasteiger partial charge in [-0.2, -0.15) is 0 Å². The molecular formula is C20H24Cl2N2OS. The van der Waals surface area contributed by atoms with E-state index in [1.165, 1.54) is 23.3 Å². The fourth-order valence-electron chi connectivity index (χ4n) is 3.44. The van der Waals surface area contributed by atoms with Crippen LogP contribution in [0.25, 0.3) is 0 Å². The molecule has 1 aliphatic rings. The average molecular weight is 411 g/mol. The van der Waals surface area contributed by atoms with Gasteiger partial charge < -0.3 is 10.2 Å². The van der Waals surface area contributed by atoms with Crippen LogP contribution in [-0.4, -0.2) is 30.4 Å². The quantitative estimate of drug-likeness (QED) is 0.627. The van der Waals surface area contributed by atoms with E-state index >= 15 is 0 Å². The van der Waals surface area contributed by atoms with E-state index in [0.29, 0.717) is 23.1 Å². The first kappa shape index (κ1) is 19.7. The topological polar surface area (TPSA) is 32.3 Å². The predicted molar refractivity (Wildman–Crippen MR) is 110 cm³/mol. The molecular weight excluding hydrogens is 387 g/mol. The molecule has 1 aromatic heterocycles. The molecule has 0 bridgehead atoms. The van der Waals surface area contributed by atoms with Gasteiger partial charge in [-0.15, -0.1) is 11.3 Å². The zero-order valence-electron chi connectivity index (χ0n) is 14.9. The minimum absolute atomic E-state index is 0.120. The third-order valence-electron chi connectivity index (χ3n) is 4.78. The summed E-state index contributed by atoms with van der Waals surface area (Å²) in [7, 11) is 0. The molecule has 0 unspecified atom stereocenters. The lowest BCUT2D eigenvalue weighted by atomic mass is 9.93. The fourth-order valence-corrected chi connectivity index (χ4v) is 4.86. The zero-order chi connectivity index (χ0) is 18.5. The summed E-state index contributed by atoms with van der Waals surface area (Å²) in [6.07, 6.45) is 4.37. The molecule has 26 heavy (non-hydrogen) atoms. The Labute approximate surface area is 169 Å². The molecule has 0 saturated carbocycles. The van der Waals surface area contributed by atoms with Gasteiger partial charge in [0.1, 0.15) is 0 Å². The lowest BCUT2D eigenvalue weighted by molar-refractivity contribution is -0.132. The number of rotatable bonds is 7. The molecule has 0 radical (unpaired) electrons. The third kappa shape index (κ3) is 4.42. The number of nitrogens with one attached hydrogen (secondary N) is 1. The summed E-state index contributed by atoms with van der Waals surface area (Å²) in [5.41, 5.74) is 2.12. The molecule has 2 heterocycles. The molecule has 0 fully saturated rings. The van der Waals surface area contributed by atoms with E-state index in [4.69, 9.17) is 23.2 Å². The Morgan fingerprint density at radius 1 is 1.27 bits per heavy atom. The first-order valence-corrected chi connectivity index (χ1v) is 10.8. The van der Waals surface area contributed by atoms with Crippen LogP contribution >= 0.6 is 34.5 Å². The summed E-state index contributed by atoms with van der Waals surface area (Å²) >= 11 is 14.3. The minimum Gasteiger partial charge on any atom is -0.330 e. The molecule has 3 rings (SSSR count). The molecule has 1 N–H and O–H groups in total. The van der Waals surface area contributed by atoms with Crippen LogP contribution < -0.4 is 5.32 Å². The van der Waals surface area contributed by atoms with E-state index in [9.17, 15) is 4.79 Å². The highest BCUT2D eigenvalue weighted by atomic mass is 35.5. The maximum Gasteiger partial charge on any atom is 0.237 e. The van der Waals surface area contributed by atoms with Crippen molar-refractivity contribution in [2.75, 3.05) is 19.6 Å². The monoisotopic (exact) mass is 410 g/mol. The summed E-state index contributed by atoms with van der Waals surface area (Å²) in [4.78, 5) is 16.2. The van der Waals surface area contributed by atoms with E-state index < -0.39 is 0 Å². The smallest absolute Gasteiger partial charge is 0.237 e. The van der Waals surface area contributed by atoms with E-state index in [1.807, 2.05) is 17.0 Å². The van der Waals surface area contributed by atoms with Crippen molar-refractivity contribution >= 4 is 40.4 Å². The van der Waals surface area contributed by atoms with Crippen molar-refractivity contribution in [3.8, 4) is 0 Å². The molecule has 1 atom stereocenters. The first-order valence-electron chi connectivity index (χ1n) is 9.13. The van der Waals surface area contributed by atoms with Crippen LogP contribution in [-0.2, 0) is 11.2 Å². The van der Waals surface area contributed by atoms with Gasteiger partial charge >= 0.3 is 0 Å². The summed E-state index contributed by atoms with van der Waals surface area (Å²) in [5.74, 6) is 0.120. The molecule has 3 nitrogen and oxygen atoms in total. The first-order chi connectivity index (χ1) is 12.6. The van der Waals surface area contributed by atoms with Crippen LogP contribution in [0.5, 0.6) is 0 Å². The van der Waals surface area contributed by atoms with Crippen molar-refractivity contribution in [1.82, 2.24) is 10.2 Å². The van der Waals surface area contributed by atoms with Gasteiger partial charge in [-0.25, -0.2) is 0 Å². The Hall–Kier alpha value is -1.07. The number of fused-ring (bicyclic) bond motifs is 1. The Morgan fingerprint density at radius 2 is 2.12 bits per heavy atom. The van der Waals surface area contributed by atoms with Crippen LogP contribution in [0.3, 0.4) is 0 Å². The number of thiophene rings is 1. The predicted octanol–water partition coefficient (Wildman–Crippen LogP) is 5.31. The highest BCUT2D eigenvalue weighted by molar-refractivity contribution is 7.10. The molecule has 1 amide bonds. The number of carbonyl (C=O) groups excluding carboxylic acids is 1. The van der Waals surface area contributed by atoms with Gasteiger partial charge in [-0.1, -0.05) is 49.0 Å². The van der Waals surface area contributed by atoms with Crippen molar-refractivity contribution in [3.63, 3.8) is 0 Å². The summed E-state index contributed by atoms with van der Waals surface area (Å²) in [6.45, 7) is 4.14. The van der Waals surface area contributed by atoms with Gasteiger partial charge in [0.25, 0.3) is 0 Å². The fraction of sp³-hybridized carbons (Fsp3) is 0.450. The Morgan fingerprint density at radius 3 is 2.88 bits per heavy atom. The van der Waals surface area contributed by atoms with Crippen LogP contribution in [0.2, 0.25) is 10.0 Å². The highest BCUT2D eigenvalue weighted by Crippen LogP contribution is 2.40. The largest absolute Gasteiger partial charge is 0.330 e. The minimum atomic E-state index is -0.139. The van der Waals surface area contributed by atoms with E-state index in [1.54, 1.807) is 17.4 Å². The maximum atomic E-state index is 12.9. The molecule has 140 valence electrons. The van der Waals surface area contributed by atoms with Gasteiger partial charge in [0.05, 0.1) is 12.6 Å². The number of amides is 1. The van der Waals surface area contributed by atoms with E-state index in [0.717, 1.165) is 24.9 Å². The molecule has 0 aliphatic carbocycles. The van der Waals surface area contributed by atoms with Crippen LogP contribution in [0.4, 0.5) is 0 Å². The number of carbonyl (C=O) groups is 1. The summed E-state index contributed by atoms with van der Waals surface area (Å²) in [5, 5.41) is 6.60. The van der Waals surface area contributed by atoms with Crippen molar-refractivity contribution < 1.29 is 4.79 Å². The number of hydrogen-bond donors (Lipinski definition) is 1. The zero-order valence-corrected chi connectivity index (χ0v) is 17.3. The number of hydrogen-bond acceptors (Lipinski definition) is 3. The summed E-state index contributed by atoms with van der Waals surface area (Å²) < 4.78 is 0. The molecule has 6 heteroatoms. The number of halogens is 2. The summed E-state index contributed by atoms with van der Waals surface area (Å²) in [6, 6.07) is 7.51. The Bertz CT molecular complexity index is 762. The number of unbranched alkanes of at least 4 members (excludes halogenated alkanes) is 2. The maximum absolute atomic E-state index is 12.9. The van der Waals surface area contributed by atoms with Gasteiger partial charge in [0.15, 0.2) is 0 Å². The van der Waals surface area contributed by atoms with Crippen LogP contribution in [0.1, 0.15) is 48.2 Å². The number of benzene rings is 1. The lowest BCUT2D eigenvalue weighted by Crippen LogP contribution is -2.44. The van der Waals surface area contributed by atoms with Gasteiger partial charge in [-0.05, 0) is 54.1 Å². The lowest BCUT2D eigenvalue weighted by Gasteiger charge is -2.37. The Kier molecular flexibility index (Phi) is 6.98. The van der Waals surface area contributed by atoms with Crippen LogP contribution in [0, 0.1) is 0 Å². The normalized spacial score (nSPS) is 16.6. The average Bonchev–Trinajstić information content (AvgIpc) is 3.10. The second-order valence-electron chi connectivity index (χ2n) is 6.59. The third-order valence-corrected chi connectivity index (χ3v) is 6.34. The van der Waals surface area contributed by atoms with E-state index in [2.05, 4.69) is 23.7 Å². The second-order valence-corrected chi connectivity index (χ2v) is 8.43. The molecule has 0 spiro atoms. The molecule has 1 aliphatic heterocycles. The standard InChI is InChI=1S/C20H24Cl2N2OS/c1-2-3-4-9-23-13-19(25)24-10-7-18-16(8-11-26-18)20(24)15-6-5-14(21)12-17(15)22/h5-6,8,11-12,20,23H,2-4,7,9-10,13H2,1H3/t20-/m0/s1. The number of nitrogens with zero attached hydrogens (tertiary/aromatic N) is 1. The molecule has 0 saturated heterocycles. The van der Waals surface area contributed by atoms with Gasteiger partial charge in [-0.3, -0.25) is 4.79 Å². The van der Waals surface area contributed by atoms with Gasteiger partial charge in [0, 0.05) is 21.5 Å². The van der Waals surface area contributed by atoms with Gasteiger partial charge in [0.2, 0.25) is 5.91 Å². The Balaban J connectivity index is 1.81.